The maximum Gasteiger partial charge on any atom is 0.143 e. The summed E-state index contributed by atoms with van der Waals surface area (Å²) in [6.07, 6.45) is 9.20. The van der Waals surface area contributed by atoms with Crippen molar-refractivity contribution in [2.24, 2.45) is 17.1 Å². The average Bonchev–Trinajstić information content (AvgIpc) is 2.55. The molecule has 3 aliphatic rings. The van der Waals surface area contributed by atoms with Crippen molar-refractivity contribution in [2.45, 2.75) is 63.4 Å². The van der Waals surface area contributed by atoms with Gasteiger partial charge in [-0.3, -0.25) is 4.79 Å². The largest absolute Gasteiger partial charge is 0.381 e. The molecule has 3 fully saturated rings. The lowest BCUT2D eigenvalue weighted by Gasteiger charge is -2.45. The minimum atomic E-state index is -0.230. The van der Waals surface area contributed by atoms with Crippen LogP contribution < -0.4 is 5.73 Å². The summed E-state index contributed by atoms with van der Waals surface area (Å²) in [6.45, 7) is 2.78. The number of hydrogen-bond acceptors (Lipinski definition) is 4. The van der Waals surface area contributed by atoms with Crippen LogP contribution in [0, 0.1) is 11.3 Å². The van der Waals surface area contributed by atoms with E-state index < -0.39 is 0 Å². The first-order valence-electron chi connectivity index (χ1n) is 8.66. The molecule has 3 rings (SSSR count). The molecule has 21 heavy (non-hydrogen) atoms. The average molecular weight is 295 g/mol. The fourth-order valence-electron chi connectivity index (χ4n) is 4.56. The summed E-state index contributed by atoms with van der Waals surface area (Å²) in [5.41, 5.74) is 5.72. The van der Waals surface area contributed by atoms with Crippen molar-refractivity contribution in [3.8, 4) is 0 Å². The molecule has 1 unspecified atom stereocenters. The third-order valence-electron chi connectivity index (χ3n) is 5.99. The Labute approximate surface area is 127 Å². The molecular formula is C17H29NO3. The lowest BCUT2D eigenvalue weighted by Crippen LogP contribution is -2.50. The molecule has 0 radical (unpaired) electrons. The first-order chi connectivity index (χ1) is 10.2. The van der Waals surface area contributed by atoms with Gasteiger partial charge in [0.25, 0.3) is 0 Å². The zero-order valence-corrected chi connectivity index (χ0v) is 13.1. The predicted molar refractivity (Wildman–Crippen MR) is 81.0 cm³/mol. The van der Waals surface area contributed by atoms with E-state index in [9.17, 15) is 4.79 Å². The molecule has 2 saturated heterocycles. The Hall–Kier alpha value is -0.450. The normalized spacial score (nSPS) is 32.0. The van der Waals surface area contributed by atoms with E-state index in [1.165, 1.54) is 6.42 Å². The van der Waals surface area contributed by atoms with E-state index in [2.05, 4.69) is 0 Å². The van der Waals surface area contributed by atoms with Crippen molar-refractivity contribution in [1.29, 1.82) is 0 Å². The van der Waals surface area contributed by atoms with Gasteiger partial charge in [-0.05, 0) is 38.5 Å². The van der Waals surface area contributed by atoms with Crippen LogP contribution in [0.3, 0.4) is 0 Å². The Morgan fingerprint density at radius 1 is 1.05 bits per heavy atom. The Bertz CT molecular complexity index is 365. The predicted octanol–water partition coefficient (Wildman–Crippen LogP) is 2.44. The van der Waals surface area contributed by atoms with Gasteiger partial charge in [-0.25, -0.2) is 0 Å². The second kappa shape index (κ2) is 6.35. The van der Waals surface area contributed by atoms with Crippen LogP contribution in [-0.2, 0) is 14.3 Å². The highest BCUT2D eigenvalue weighted by Gasteiger charge is 2.47. The van der Waals surface area contributed by atoms with Crippen molar-refractivity contribution >= 4 is 5.78 Å². The molecule has 2 N–H and O–H groups in total. The Morgan fingerprint density at radius 3 is 2.43 bits per heavy atom. The lowest BCUT2D eigenvalue weighted by molar-refractivity contribution is -0.163. The minimum Gasteiger partial charge on any atom is -0.381 e. The Balaban J connectivity index is 1.71. The topological polar surface area (TPSA) is 61.6 Å². The van der Waals surface area contributed by atoms with Crippen LogP contribution in [0.5, 0.6) is 0 Å². The van der Waals surface area contributed by atoms with Gasteiger partial charge in [0.2, 0.25) is 0 Å². The van der Waals surface area contributed by atoms with Crippen molar-refractivity contribution in [2.75, 3.05) is 26.4 Å². The van der Waals surface area contributed by atoms with Crippen molar-refractivity contribution < 1.29 is 14.3 Å². The molecule has 1 aliphatic carbocycles. The highest BCUT2D eigenvalue weighted by atomic mass is 16.5. The maximum absolute atomic E-state index is 13.2. The van der Waals surface area contributed by atoms with E-state index in [0.717, 1.165) is 71.2 Å². The van der Waals surface area contributed by atoms with Crippen LogP contribution in [0.4, 0.5) is 0 Å². The number of Topliss-reactive ketones (excluding diaryl/α,β-unsaturated/α-hetero) is 1. The Kier molecular flexibility index (Phi) is 4.67. The van der Waals surface area contributed by atoms with Gasteiger partial charge in [-0.2, -0.15) is 0 Å². The molecule has 1 spiro atoms. The number of rotatable bonds is 3. The number of carbonyl (C=O) groups is 1. The zero-order valence-electron chi connectivity index (χ0n) is 13.1. The smallest absolute Gasteiger partial charge is 0.143 e. The summed E-state index contributed by atoms with van der Waals surface area (Å²) < 4.78 is 11.5. The summed E-state index contributed by atoms with van der Waals surface area (Å²) >= 11 is 0. The summed E-state index contributed by atoms with van der Waals surface area (Å²) in [5.74, 6) is 0.595. The minimum absolute atomic E-state index is 0.0960. The van der Waals surface area contributed by atoms with Gasteiger partial charge < -0.3 is 15.2 Å². The highest BCUT2D eigenvalue weighted by molar-refractivity contribution is 5.87. The van der Waals surface area contributed by atoms with Crippen molar-refractivity contribution in [1.82, 2.24) is 0 Å². The standard InChI is InChI=1S/C17H29NO3/c18-13-16(5-2-1-3-6-16)15(19)14-4-9-21-17(12-14)7-10-20-11-8-17/h14H,1-13,18H2. The number of nitrogens with two attached hydrogens (primary N) is 1. The quantitative estimate of drug-likeness (QED) is 0.868. The first-order valence-corrected chi connectivity index (χ1v) is 8.66. The number of ether oxygens (including phenoxy) is 2. The van der Waals surface area contributed by atoms with Crippen LogP contribution in [0.2, 0.25) is 0 Å². The molecular weight excluding hydrogens is 266 g/mol. The van der Waals surface area contributed by atoms with E-state index in [1.54, 1.807) is 0 Å². The fraction of sp³-hybridized carbons (Fsp3) is 0.941. The zero-order chi connectivity index (χ0) is 14.8. The monoisotopic (exact) mass is 295 g/mol. The summed E-state index contributed by atoms with van der Waals surface area (Å²) in [5, 5.41) is 0. The first kappa shape index (κ1) is 15.4. The van der Waals surface area contributed by atoms with Crippen LogP contribution in [-0.4, -0.2) is 37.7 Å². The SMILES string of the molecule is NCC1(C(=O)C2CCOC3(CCOCC3)C2)CCCCC1. The summed E-state index contributed by atoms with van der Waals surface area (Å²) in [4.78, 5) is 13.2. The third-order valence-corrected chi connectivity index (χ3v) is 5.99. The molecule has 0 bridgehead atoms. The van der Waals surface area contributed by atoms with Gasteiger partial charge >= 0.3 is 0 Å². The molecule has 4 heteroatoms. The molecule has 2 heterocycles. The molecule has 0 amide bonds. The van der Waals surface area contributed by atoms with Crippen LogP contribution in [0.25, 0.3) is 0 Å². The van der Waals surface area contributed by atoms with E-state index in [0.29, 0.717) is 12.3 Å². The van der Waals surface area contributed by atoms with Crippen LogP contribution in [0.1, 0.15) is 57.8 Å². The van der Waals surface area contributed by atoms with Gasteiger partial charge in [0, 0.05) is 37.7 Å². The number of hydrogen-bond donors (Lipinski definition) is 1. The molecule has 0 aromatic rings. The van der Waals surface area contributed by atoms with Gasteiger partial charge in [0.1, 0.15) is 5.78 Å². The van der Waals surface area contributed by atoms with Crippen molar-refractivity contribution in [3.63, 3.8) is 0 Å². The molecule has 0 aromatic heterocycles. The fourth-order valence-corrected chi connectivity index (χ4v) is 4.56. The Morgan fingerprint density at radius 2 is 1.76 bits per heavy atom. The van der Waals surface area contributed by atoms with E-state index in [1.807, 2.05) is 0 Å². The van der Waals surface area contributed by atoms with Crippen LogP contribution >= 0.6 is 0 Å². The lowest BCUT2D eigenvalue weighted by atomic mass is 9.65. The molecule has 2 aliphatic heterocycles. The number of ketones is 1. The highest BCUT2D eigenvalue weighted by Crippen LogP contribution is 2.44. The summed E-state index contributed by atoms with van der Waals surface area (Å²) in [6, 6.07) is 0. The van der Waals surface area contributed by atoms with Gasteiger partial charge in [0.15, 0.2) is 0 Å². The van der Waals surface area contributed by atoms with E-state index in [4.69, 9.17) is 15.2 Å². The van der Waals surface area contributed by atoms with E-state index >= 15 is 0 Å². The second-order valence-corrected chi connectivity index (χ2v) is 7.24. The molecule has 4 nitrogen and oxygen atoms in total. The van der Waals surface area contributed by atoms with Gasteiger partial charge in [-0.15, -0.1) is 0 Å². The van der Waals surface area contributed by atoms with Crippen LogP contribution in [0.15, 0.2) is 0 Å². The van der Waals surface area contributed by atoms with Crippen molar-refractivity contribution in [3.05, 3.63) is 0 Å². The molecule has 120 valence electrons. The molecule has 1 saturated carbocycles. The third kappa shape index (κ3) is 3.03. The maximum atomic E-state index is 13.2. The van der Waals surface area contributed by atoms with Gasteiger partial charge in [-0.1, -0.05) is 19.3 Å². The summed E-state index contributed by atoms with van der Waals surface area (Å²) in [7, 11) is 0. The molecule has 1 atom stereocenters. The van der Waals surface area contributed by atoms with Gasteiger partial charge in [0.05, 0.1) is 5.60 Å². The van der Waals surface area contributed by atoms with E-state index in [-0.39, 0.29) is 16.9 Å². The second-order valence-electron chi connectivity index (χ2n) is 7.24. The number of carbonyl (C=O) groups excluding carboxylic acids is 1. The molecule has 0 aromatic carbocycles.